The molecule has 1 amide bonds. The molecule has 3 N–H and O–H groups in total. The predicted octanol–water partition coefficient (Wildman–Crippen LogP) is 0.927. The quantitative estimate of drug-likeness (QED) is 0.818. The van der Waals surface area contributed by atoms with Crippen LogP contribution in [-0.2, 0) is 6.54 Å². The van der Waals surface area contributed by atoms with Crippen molar-refractivity contribution in [3.63, 3.8) is 0 Å². The molecule has 6 heteroatoms. The number of hydrogen-bond acceptors (Lipinski definition) is 5. The van der Waals surface area contributed by atoms with Gasteiger partial charge in [-0.25, -0.2) is 4.98 Å². The Balaban J connectivity index is 2.14. The highest BCUT2D eigenvalue weighted by Gasteiger charge is 2.14. The highest BCUT2D eigenvalue weighted by molar-refractivity contribution is 5.94. The van der Waals surface area contributed by atoms with Gasteiger partial charge in [0.1, 0.15) is 11.5 Å². The fourth-order valence-corrected chi connectivity index (χ4v) is 1.84. The van der Waals surface area contributed by atoms with E-state index >= 15 is 0 Å². The first-order valence-electron chi connectivity index (χ1n) is 6.47. The minimum absolute atomic E-state index is 0.231. The summed E-state index contributed by atoms with van der Waals surface area (Å²) in [6, 6.07) is 3.46. The minimum atomic E-state index is -0.295. The molecule has 0 aromatic carbocycles. The number of pyridine rings is 1. The molecule has 0 atom stereocenters. The minimum Gasteiger partial charge on any atom is -0.361 e. The molecule has 0 aliphatic rings. The number of nitrogens with zero attached hydrogens (tertiary/aromatic N) is 2. The molecule has 0 saturated carbocycles. The Morgan fingerprint density at radius 2 is 2.29 bits per heavy atom. The SMILES string of the molecule is Cc1noc(C)c1CNC(=O)c1ncccc1C#CCN. The van der Waals surface area contributed by atoms with Crippen molar-refractivity contribution < 1.29 is 9.32 Å². The maximum atomic E-state index is 12.2. The summed E-state index contributed by atoms with van der Waals surface area (Å²) in [5, 5.41) is 6.65. The van der Waals surface area contributed by atoms with E-state index in [1.807, 2.05) is 6.92 Å². The molecule has 0 spiro atoms. The second-order valence-corrected chi connectivity index (χ2v) is 4.39. The van der Waals surface area contributed by atoms with Gasteiger partial charge in [-0.1, -0.05) is 17.0 Å². The number of carbonyl (C=O) groups is 1. The van der Waals surface area contributed by atoms with E-state index < -0.39 is 0 Å². The summed E-state index contributed by atoms with van der Waals surface area (Å²) in [5.41, 5.74) is 7.81. The molecule has 6 nitrogen and oxygen atoms in total. The zero-order chi connectivity index (χ0) is 15.2. The molecule has 0 bridgehead atoms. The summed E-state index contributed by atoms with van der Waals surface area (Å²) < 4.78 is 5.06. The van der Waals surface area contributed by atoms with Crippen LogP contribution in [0.3, 0.4) is 0 Å². The van der Waals surface area contributed by atoms with Crippen molar-refractivity contribution in [1.29, 1.82) is 0 Å². The number of carbonyl (C=O) groups excluding carboxylic acids is 1. The third kappa shape index (κ3) is 3.46. The van der Waals surface area contributed by atoms with Crippen LogP contribution >= 0.6 is 0 Å². The van der Waals surface area contributed by atoms with Gasteiger partial charge in [0.15, 0.2) is 0 Å². The van der Waals surface area contributed by atoms with Crippen LogP contribution in [0, 0.1) is 25.7 Å². The number of nitrogens with one attached hydrogen (secondary N) is 1. The molecule has 108 valence electrons. The highest BCUT2D eigenvalue weighted by atomic mass is 16.5. The molecular formula is C15H16N4O2. The summed E-state index contributed by atoms with van der Waals surface area (Å²) in [5.74, 6) is 5.96. The molecule has 0 unspecified atom stereocenters. The van der Waals surface area contributed by atoms with Crippen LogP contribution in [0.2, 0.25) is 0 Å². The molecule has 2 aromatic heterocycles. The molecule has 2 rings (SSSR count). The molecule has 21 heavy (non-hydrogen) atoms. The first-order valence-corrected chi connectivity index (χ1v) is 6.47. The normalized spacial score (nSPS) is 9.86. The lowest BCUT2D eigenvalue weighted by molar-refractivity contribution is 0.0945. The lowest BCUT2D eigenvalue weighted by atomic mass is 10.1. The third-order valence-corrected chi connectivity index (χ3v) is 2.95. The first kappa shape index (κ1) is 14.8. The first-order chi connectivity index (χ1) is 10.1. The molecule has 0 aliphatic heterocycles. The lowest BCUT2D eigenvalue weighted by Gasteiger charge is -2.05. The number of hydrogen-bond donors (Lipinski definition) is 2. The summed E-state index contributed by atoms with van der Waals surface area (Å²) in [6.45, 7) is 4.20. The average molecular weight is 284 g/mol. The Morgan fingerprint density at radius 3 is 2.95 bits per heavy atom. The summed E-state index contributed by atoms with van der Waals surface area (Å²) in [6.07, 6.45) is 1.55. The van der Waals surface area contributed by atoms with E-state index in [1.165, 1.54) is 0 Å². The van der Waals surface area contributed by atoms with E-state index in [1.54, 1.807) is 25.3 Å². The van der Waals surface area contributed by atoms with Crippen LogP contribution in [0.15, 0.2) is 22.9 Å². The largest absolute Gasteiger partial charge is 0.361 e. The topological polar surface area (TPSA) is 94.0 Å². The van der Waals surface area contributed by atoms with Crippen molar-refractivity contribution in [3.8, 4) is 11.8 Å². The van der Waals surface area contributed by atoms with Gasteiger partial charge in [0, 0.05) is 18.3 Å². The predicted molar refractivity (Wildman–Crippen MR) is 77.3 cm³/mol. The fraction of sp³-hybridized carbons (Fsp3) is 0.267. The van der Waals surface area contributed by atoms with Crippen molar-refractivity contribution in [2.24, 2.45) is 5.73 Å². The van der Waals surface area contributed by atoms with E-state index in [9.17, 15) is 4.79 Å². The van der Waals surface area contributed by atoms with Crippen molar-refractivity contribution in [3.05, 3.63) is 46.6 Å². The van der Waals surface area contributed by atoms with Gasteiger partial charge in [-0.3, -0.25) is 4.79 Å². The Kier molecular flexibility index (Phi) is 4.69. The summed E-state index contributed by atoms with van der Waals surface area (Å²) in [4.78, 5) is 16.3. The summed E-state index contributed by atoms with van der Waals surface area (Å²) >= 11 is 0. The van der Waals surface area contributed by atoms with Gasteiger partial charge >= 0.3 is 0 Å². The molecule has 0 saturated heterocycles. The monoisotopic (exact) mass is 284 g/mol. The van der Waals surface area contributed by atoms with E-state index in [-0.39, 0.29) is 18.1 Å². The Morgan fingerprint density at radius 1 is 1.48 bits per heavy atom. The van der Waals surface area contributed by atoms with E-state index in [2.05, 4.69) is 27.3 Å². The second kappa shape index (κ2) is 6.68. The molecule has 2 heterocycles. The Labute approximate surface area is 122 Å². The van der Waals surface area contributed by atoms with Crippen LogP contribution in [0.25, 0.3) is 0 Å². The number of aryl methyl sites for hydroxylation is 2. The van der Waals surface area contributed by atoms with Gasteiger partial charge in [-0.05, 0) is 26.0 Å². The lowest BCUT2D eigenvalue weighted by Crippen LogP contribution is -2.25. The number of rotatable bonds is 3. The second-order valence-electron chi connectivity index (χ2n) is 4.39. The van der Waals surface area contributed by atoms with Gasteiger partial charge in [0.25, 0.3) is 5.91 Å². The van der Waals surface area contributed by atoms with Crippen molar-refractivity contribution in [2.75, 3.05) is 6.54 Å². The van der Waals surface area contributed by atoms with Crippen molar-refractivity contribution >= 4 is 5.91 Å². The number of nitrogens with two attached hydrogens (primary N) is 1. The smallest absolute Gasteiger partial charge is 0.271 e. The van der Waals surface area contributed by atoms with E-state index in [4.69, 9.17) is 10.3 Å². The average Bonchev–Trinajstić information content (AvgIpc) is 2.82. The molecule has 0 fully saturated rings. The van der Waals surface area contributed by atoms with Gasteiger partial charge in [0.05, 0.1) is 17.8 Å². The maximum absolute atomic E-state index is 12.2. The molecule has 0 radical (unpaired) electrons. The van der Waals surface area contributed by atoms with Crippen LogP contribution in [0.1, 0.15) is 33.1 Å². The van der Waals surface area contributed by atoms with Gasteiger partial charge < -0.3 is 15.6 Å². The van der Waals surface area contributed by atoms with E-state index in [0.717, 1.165) is 11.3 Å². The summed E-state index contributed by atoms with van der Waals surface area (Å²) in [7, 11) is 0. The molecular weight excluding hydrogens is 268 g/mol. The highest BCUT2D eigenvalue weighted by Crippen LogP contribution is 2.12. The Hall–Kier alpha value is -2.65. The van der Waals surface area contributed by atoms with Crippen LogP contribution in [0.4, 0.5) is 0 Å². The Bertz CT molecular complexity index is 690. The van der Waals surface area contributed by atoms with E-state index in [0.29, 0.717) is 17.9 Å². The number of aromatic nitrogens is 2. The van der Waals surface area contributed by atoms with Crippen molar-refractivity contribution in [2.45, 2.75) is 20.4 Å². The maximum Gasteiger partial charge on any atom is 0.271 e. The fourth-order valence-electron chi connectivity index (χ4n) is 1.84. The standard InChI is InChI=1S/C15H16N4O2/c1-10-13(11(2)21-19-10)9-18-15(20)14-12(5-3-7-16)6-4-8-17-14/h4,6,8H,7,9,16H2,1-2H3,(H,18,20). The van der Waals surface area contributed by atoms with Gasteiger partial charge in [-0.15, -0.1) is 0 Å². The van der Waals surface area contributed by atoms with Crippen LogP contribution in [-0.4, -0.2) is 22.6 Å². The third-order valence-electron chi connectivity index (χ3n) is 2.95. The van der Waals surface area contributed by atoms with Gasteiger partial charge in [-0.2, -0.15) is 0 Å². The molecule has 0 aliphatic carbocycles. The van der Waals surface area contributed by atoms with Crippen LogP contribution in [0.5, 0.6) is 0 Å². The number of amides is 1. The molecule has 2 aromatic rings. The zero-order valence-electron chi connectivity index (χ0n) is 11.9. The van der Waals surface area contributed by atoms with Crippen molar-refractivity contribution in [1.82, 2.24) is 15.5 Å². The van der Waals surface area contributed by atoms with Gasteiger partial charge in [0.2, 0.25) is 0 Å². The zero-order valence-corrected chi connectivity index (χ0v) is 11.9. The van der Waals surface area contributed by atoms with Crippen LogP contribution < -0.4 is 11.1 Å².